The fourth-order valence-corrected chi connectivity index (χ4v) is 3.13. The van der Waals surface area contributed by atoms with Gasteiger partial charge < -0.3 is 20.1 Å². The second-order valence-electron chi connectivity index (χ2n) is 7.38. The topological polar surface area (TPSA) is 97.0 Å². The molecule has 1 heterocycles. The van der Waals surface area contributed by atoms with Crippen molar-refractivity contribution in [2.45, 2.75) is 26.5 Å². The number of esters is 1. The molecular weight excluding hydrogens is 398 g/mol. The second-order valence-corrected chi connectivity index (χ2v) is 7.38. The van der Waals surface area contributed by atoms with E-state index in [2.05, 4.69) is 15.5 Å². The molecular formula is C23H27N3O5. The number of morpholine rings is 1. The number of hydrogen-bond donors (Lipinski definition) is 2. The molecule has 2 amide bonds. The van der Waals surface area contributed by atoms with Crippen molar-refractivity contribution in [3.8, 4) is 0 Å². The van der Waals surface area contributed by atoms with Crippen molar-refractivity contribution in [3.63, 3.8) is 0 Å². The third-order valence-electron chi connectivity index (χ3n) is 4.83. The van der Waals surface area contributed by atoms with Crippen molar-refractivity contribution >= 4 is 29.2 Å². The van der Waals surface area contributed by atoms with Crippen LogP contribution in [-0.2, 0) is 25.6 Å². The van der Waals surface area contributed by atoms with Crippen LogP contribution in [0.25, 0.3) is 0 Å². The number of carbonyl (C=O) groups is 3. The average Bonchev–Trinajstić information content (AvgIpc) is 2.76. The van der Waals surface area contributed by atoms with Gasteiger partial charge >= 0.3 is 5.97 Å². The van der Waals surface area contributed by atoms with Crippen LogP contribution < -0.4 is 10.6 Å². The summed E-state index contributed by atoms with van der Waals surface area (Å²) in [5.74, 6) is -1.17. The highest BCUT2D eigenvalue weighted by Crippen LogP contribution is 2.15. The Morgan fingerprint density at radius 2 is 1.55 bits per heavy atom. The third kappa shape index (κ3) is 6.91. The molecule has 8 nitrogen and oxygen atoms in total. The first-order valence-electron chi connectivity index (χ1n) is 10.2. The molecule has 31 heavy (non-hydrogen) atoms. The quantitative estimate of drug-likeness (QED) is 0.662. The van der Waals surface area contributed by atoms with Crippen molar-refractivity contribution in [3.05, 3.63) is 59.7 Å². The second kappa shape index (κ2) is 10.7. The summed E-state index contributed by atoms with van der Waals surface area (Å²) in [6.07, 6.45) is -0.962. The number of carbonyl (C=O) groups excluding carboxylic acids is 3. The maximum atomic E-state index is 12.4. The van der Waals surface area contributed by atoms with Gasteiger partial charge in [0, 0.05) is 37.9 Å². The van der Waals surface area contributed by atoms with Gasteiger partial charge in [0.1, 0.15) is 0 Å². The Kier molecular flexibility index (Phi) is 7.75. The van der Waals surface area contributed by atoms with Crippen LogP contribution >= 0.6 is 0 Å². The maximum absolute atomic E-state index is 12.4. The average molecular weight is 425 g/mol. The molecule has 2 aromatic carbocycles. The van der Waals surface area contributed by atoms with Crippen molar-refractivity contribution in [2.24, 2.45) is 0 Å². The van der Waals surface area contributed by atoms with E-state index in [9.17, 15) is 14.4 Å². The molecule has 0 aliphatic carbocycles. The van der Waals surface area contributed by atoms with E-state index in [1.165, 1.54) is 13.8 Å². The first-order chi connectivity index (χ1) is 14.9. The minimum absolute atomic E-state index is 0.175. The Labute approximate surface area is 181 Å². The molecule has 2 aromatic rings. The highest BCUT2D eigenvalue weighted by molar-refractivity contribution is 5.97. The van der Waals surface area contributed by atoms with Crippen molar-refractivity contribution in [2.75, 3.05) is 36.9 Å². The predicted octanol–water partition coefficient (Wildman–Crippen LogP) is 2.66. The van der Waals surface area contributed by atoms with E-state index in [0.29, 0.717) is 16.9 Å². The van der Waals surface area contributed by atoms with Gasteiger partial charge in [-0.3, -0.25) is 14.5 Å². The summed E-state index contributed by atoms with van der Waals surface area (Å²) in [7, 11) is 0. The molecule has 0 saturated carbocycles. The SMILES string of the molecule is CC(=O)Nc1ccc(NC(=O)[C@H](C)OC(=O)c2ccc(CN3CCOCC3)cc2)cc1. The summed E-state index contributed by atoms with van der Waals surface area (Å²) < 4.78 is 10.7. The van der Waals surface area contributed by atoms with E-state index in [1.54, 1.807) is 36.4 Å². The Morgan fingerprint density at radius 3 is 2.13 bits per heavy atom. The lowest BCUT2D eigenvalue weighted by atomic mass is 10.1. The van der Waals surface area contributed by atoms with E-state index in [4.69, 9.17) is 9.47 Å². The molecule has 164 valence electrons. The molecule has 0 aromatic heterocycles. The van der Waals surface area contributed by atoms with Crippen LogP contribution in [0.5, 0.6) is 0 Å². The summed E-state index contributed by atoms with van der Waals surface area (Å²) in [6.45, 7) is 7.01. The van der Waals surface area contributed by atoms with Crippen LogP contribution in [0.4, 0.5) is 11.4 Å². The number of hydrogen-bond acceptors (Lipinski definition) is 6. The van der Waals surface area contributed by atoms with Gasteiger partial charge in [-0.15, -0.1) is 0 Å². The van der Waals surface area contributed by atoms with Gasteiger partial charge in [-0.25, -0.2) is 4.79 Å². The van der Waals surface area contributed by atoms with Gasteiger partial charge in [-0.1, -0.05) is 12.1 Å². The summed E-state index contributed by atoms with van der Waals surface area (Å²) >= 11 is 0. The highest BCUT2D eigenvalue weighted by atomic mass is 16.5. The Hall–Kier alpha value is -3.23. The predicted molar refractivity (Wildman–Crippen MR) is 117 cm³/mol. The fraction of sp³-hybridized carbons (Fsp3) is 0.348. The zero-order valence-corrected chi connectivity index (χ0v) is 17.7. The monoisotopic (exact) mass is 425 g/mol. The number of ether oxygens (including phenoxy) is 2. The van der Waals surface area contributed by atoms with Crippen molar-refractivity contribution in [1.29, 1.82) is 0 Å². The lowest BCUT2D eigenvalue weighted by Crippen LogP contribution is -2.35. The van der Waals surface area contributed by atoms with Crippen molar-refractivity contribution in [1.82, 2.24) is 4.90 Å². The first kappa shape index (κ1) is 22.5. The highest BCUT2D eigenvalue weighted by Gasteiger charge is 2.19. The van der Waals surface area contributed by atoms with Crippen LogP contribution in [0.3, 0.4) is 0 Å². The summed E-state index contributed by atoms with van der Waals surface area (Å²) in [5, 5.41) is 5.34. The molecule has 8 heteroatoms. The standard InChI is InChI=1S/C23H27N3O5/c1-16(22(28)25-21-9-7-20(8-10-21)24-17(2)27)31-23(29)19-5-3-18(4-6-19)15-26-11-13-30-14-12-26/h3-10,16H,11-15H2,1-2H3,(H,24,27)(H,25,28)/t16-/m0/s1. The van der Waals surface area contributed by atoms with E-state index < -0.39 is 18.0 Å². The van der Waals surface area contributed by atoms with Gasteiger partial charge in [-0.05, 0) is 48.9 Å². The van der Waals surface area contributed by atoms with Crippen LogP contribution in [0.2, 0.25) is 0 Å². The number of rotatable bonds is 7. The van der Waals surface area contributed by atoms with Crippen molar-refractivity contribution < 1.29 is 23.9 Å². The van der Waals surface area contributed by atoms with Gasteiger partial charge in [0.2, 0.25) is 5.91 Å². The number of nitrogens with zero attached hydrogens (tertiary/aromatic N) is 1. The largest absolute Gasteiger partial charge is 0.449 e. The number of nitrogens with one attached hydrogen (secondary N) is 2. The normalized spacial score (nSPS) is 15.0. The first-order valence-corrected chi connectivity index (χ1v) is 10.2. The summed E-state index contributed by atoms with van der Waals surface area (Å²) in [5.41, 5.74) is 2.66. The van der Waals surface area contributed by atoms with E-state index in [0.717, 1.165) is 38.4 Å². The van der Waals surface area contributed by atoms with E-state index in [-0.39, 0.29) is 5.91 Å². The van der Waals surface area contributed by atoms with E-state index >= 15 is 0 Å². The summed E-state index contributed by atoms with van der Waals surface area (Å²) in [6, 6.07) is 13.9. The number of anilines is 2. The molecule has 1 aliphatic rings. The smallest absolute Gasteiger partial charge is 0.338 e. The van der Waals surface area contributed by atoms with Gasteiger partial charge in [0.05, 0.1) is 18.8 Å². The zero-order chi connectivity index (χ0) is 22.2. The number of benzene rings is 2. The van der Waals surface area contributed by atoms with Crippen LogP contribution in [-0.4, -0.2) is 55.1 Å². The van der Waals surface area contributed by atoms with Crippen LogP contribution in [0, 0.1) is 0 Å². The maximum Gasteiger partial charge on any atom is 0.338 e. The minimum atomic E-state index is -0.962. The fourth-order valence-electron chi connectivity index (χ4n) is 3.13. The molecule has 1 saturated heterocycles. The van der Waals surface area contributed by atoms with Gasteiger partial charge in [0.25, 0.3) is 5.91 Å². The number of amides is 2. The molecule has 2 N–H and O–H groups in total. The Bertz CT molecular complexity index is 906. The Balaban J connectivity index is 1.49. The zero-order valence-electron chi connectivity index (χ0n) is 17.7. The molecule has 0 spiro atoms. The lowest BCUT2D eigenvalue weighted by molar-refractivity contribution is -0.123. The van der Waals surface area contributed by atoms with Gasteiger partial charge in [0.15, 0.2) is 6.10 Å². The molecule has 1 atom stereocenters. The molecule has 0 unspecified atom stereocenters. The lowest BCUT2D eigenvalue weighted by Gasteiger charge is -2.26. The molecule has 0 radical (unpaired) electrons. The Morgan fingerprint density at radius 1 is 0.968 bits per heavy atom. The molecule has 1 aliphatic heterocycles. The minimum Gasteiger partial charge on any atom is -0.449 e. The third-order valence-corrected chi connectivity index (χ3v) is 4.83. The van der Waals surface area contributed by atoms with E-state index in [1.807, 2.05) is 12.1 Å². The molecule has 1 fully saturated rings. The molecule has 3 rings (SSSR count). The van der Waals surface area contributed by atoms with Crippen LogP contribution in [0.15, 0.2) is 48.5 Å². The van der Waals surface area contributed by atoms with Gasteiger partial charge in [-0.2, -0.15) is 0 Å². The van der Waals surface area contributed by atoms with Crippen LogP contribution in [0.1, 0.15) is 29.8 Å². The summed E-state index contributed by atoms with van der Waals surface area (Å²) in [4.78, 5) is 38.1. The molecule has 0 bridgehead atoms.